The lowest BCUT2D eigenvalue weighted by Gasteiger charge is -2.45. The third-order valence-corrected chi connectivity index (χ3v) is 6.63. The second-order valence-electron chi connectivity index (χ2n) is 8.95. The van der Waals surface area contributed by atoms with Crippen LogP contribution in [0.1, 0.15) is 16.7 Å². The van der Waals surface area contributed by atoms with E-state index in [1.807, 2.05) is 91.0 Å². The van der Waals surface area contributed by atoms with Crippen molar-refractivity contribution >= 4 is 40.7 Å². The van der Waals surface area contributed by atoms with E-state index in [0.717, 1.165) is 16.7 Å². The van der Waals surface area contributed by atoms with Crippen LogP contribution in [0, 0.1) is 5.41 Å². The monoisotopic (exact) mass is 593 g/mol. The fraction of sp³-hybridized carbons (Fsp3) is 0.345. The van der Waals surface area contributed by atoms with Crippen molar-refractivity contribution in [3.05, 3.63) is 108 Å². The molecular formula is C29H30Cl3NO6. The number of benzene rings is 3. The molecular weight excluding hydrogens is 565 g/mol. The van der Waals surface area contributed by atoms with Gasteiger partial charge >= 0.3 is 0 Å². The summed E-state index contributed by atoms with van der Waals surface area (Å²) >= 11 is 17.7. The molecule has 39 heavy (non-hydrogen) atoms. The smallest absolute Gasteiger partial charge is 0.265 e. The molecule has 208 valence electrons. The highest BCUT2D eigenvalue weighted by atomic mass is 35.6. The van der Waals surface area contributed by atoms with Crippen molar-refractivity contribution in [2.24, 2.45) is 0 Å². The van der Waals surface area contributed by atoms with Crippen LogP contribution in [-0.4, -0.2) is 52.1 Å². The number of hydrogen-bond acceptors (Lipinski definition) is 7. The number of halogens is 3. The summed E-state index contributed by atoms with van der Waals surface area (Å²) in [7, 11) is 0. The molecule has 1 fully saturated rings. The van der Waals surface area contributed by atoms with E-state index in [9.17, 15) is 5.11 Å². The lowest BCUT2D eigenvalue weighted by atomic mass is 9.98. The Kier molecular flexibility index (Phi) is 11.0. The molecule has 1 aliphatic heterocycles. The van der Waals surface area contributed by atoms with E-state index in [1.54, 1.807) is 0 Å². The van der Waals surface area contributed by atoms with Crippen molar-refractivity contribution in [1.29, 1.82) is 5.41 Å². The molecule has 3 aromatic rings. The molecule has 2 N–H and O–H groups in total. The molecule has 0 bridgehead atoms. The SMILES string of the molecule is N=C(O[C@H]1O[C@@H](CO)[C@@H](OCc2ccccc2)[C@@H](OCc2ccccc2)[C@@H]1OCc1ccccc1)C(Cl)(Cl)Cl. The second kappa shape index (κ2) is 14.4. The van der Waals surface area contributed by atoms with Crippen LogP contribution < -0.4 is 0 Å². The van der Waals surface area contributed by atoms with Crippen LogP contribution in [0.25, 0.3) is 0 Å². The van der Waals surface area contributed by atoms with Gasteiger partial charge in [0.25, 0.3) is 3.79 Å². The van der Waals surface area contributed by atoms with Gasteiger partial charge in [-0.05, 0) is 16.7 Å². The molecule has 7 nitrogen and oxygen atoms in total. The molecule has 0 aromatic heterocycles. The number of rotatable bonds is 11. The fourth-order valence-corrected chi connectivity index (χ4v) is 4.30. The zero-order valence-electron chi connectivity index (χ0n) is 21.0. The summed E-state index contributed by atoms with van der Waals surface area (Å²) in [5.74, 6) is -0.645. The van der Waals surface area contributed by atoms with Crippen LogP contribution in [0.2, 0.25) is 0 Å². The molecule has 3 aromatic carbocycles. The highest BCUT2D eigenvalue weighted by Gasteiger charge is 2.50. The molecule has 1 heterocycles. The molecule has 0 amide bonds. The minimum atomic E-state index is -2.12. The van der Waals surface area contributed by atoms with Gasteiger partial charge in [0.05, 0.1) is 26.4 Å². The van der Waals surface area contributed by atoms with Gasteiger partial charge in [0.15, 0.2) is 0 Å². The van der Waals surface area contributed by atoms with Crippen molar-refractivity contribution in [3.63, 3.8) is 0 Å². The maximum absolute atomic E-state index is 10.3. The number of hydrogen-bond donors (Lipinski definition) is 2. The largest absolute Gasteiger partial charge is 0.445 e. The van der Waals surface area contributed by atoms with E-state index in [0.29, 0.717) is 0 Å². The van der Waals surface area contributed by atoms with Crippen molar-refractivity contribution < 1.29 is 28.8 Å². The molecule has 4 rings (SSSR count). The number of ether oxygens (including phenoxy) is 5. The molecule has 10 heteroatoms. The molecule has 1 aliphatic rings. The van der Waals surface area contributed by atoms with Gasteiger partial charge in [-0.2, -0.15) is 0 Å². The summed E-state index contributed by atoms with van der Waals surface area (Å²) in [5.41, 5.74) is 2.77. The van der Waals surface area contributed by atoms with Gasteiger partial charge in [-0.3, -0.25) is 5.41 Å². The van der Waals surface area contributed by atoms with Crippen LogP contribution in [-0.2, 0) is 43.5 Å². The Hall–Kier alpha value is -2.20. The average Bonchev–Trinajstić information content (AvgIpc) is 2.95. The Labute approximate surface area is 243 Å². The van der Waals surface area contributed by atoms with Gasteiger partial charge in [-0.25, -0.2) is 0 Å². The van der Waals surface area contributed by atoms with Crippen LogP contribution in [0.5, 0.6) is 0 Å². The second-order valence-corrected chi connectivity index (χ2v) is 11.2. The number of aliphatic hydroxyl groups is 1. The summed E-state index contributed by atoms with van der Waals surface area (Å²) in [6.45, 7) is 0.263. The Balaban J connectivity index is 1.64. The topological polar surface area (TPSA) is 90.2 Å². The van der Waals surface area contributed by atoms with Crippen LogP contribution in [0.4, 0.5) is 0 Å². The van der Waals surface area contributed by atoms with Crippen molar-refractivity contribution in [2.45, 2.75) is 54.3 Å². The van der Waals surface area contributed by atoms with Crippen molar-refractivity contribution in [2.75, 3.05) is 6.61 Å². The standard InChI is InChI=1S/C29H30Cl3NO6/c30-29(31,32)28(33)39-27-26(37-19-22-14-8-3-9-15-22)25(36-18-21-12-6-2-7-13-21)24(23(16-34)38-27)35-17-20-10-4-1-5-11-20/h1-15,23-27,33-34H,16-19H2/t23-,24+,25+,26-,27+/m0/s1. The third-order valence-electron chi connectivity index (χ3n) is 6.12. The number of aliphatic hydroxyl groups excluding tert-OH is 1. The third kappa shape index (κ3) is 8.64. The van der Waals surface area contributed by atoms with Crippen LogP contribution >= 0.6 is 34.8 Å². The Bertz CT molecular complexity index is 1150. The van der Waals surface area contributed by atoms with E-state index in [4.69, 9.17) is 63.9 Å². The predicted molar refractivity (Wildman–Crippen MR) is 150 cm³/mol. The molecule has 0 saturated carbocycles. The Morgan fingerprint density at radius 2 is 1.10 bits per heavy atom. The van der Waals surface area contributed by atoms with Gasteiger partial charge in [0.1, 0.15) is 24.4 Å². The summed E-state index contributed by atoms with van der Waals surface area (Å²) in [5, 5.41) is 18.4. The molecule has 0 aliphatic carbocycles. The molecule has 0 unspecified atom stereocenters. The molecule has 0 radical (unpaired) electrons. The highest BCUT2D eigenvalue weighted by Crippen LogP contribution is 2.34. The average molecular weight is 595 g/mol. The molecule has 5 atom stereocenters. The normalized spacial score (nSPS) is 23.3. The van der Waals surface area contributed by atoms with Crippen LogP contribution in [0.15, 0.2) is 91.0 Å². The summed E-state index contributed by atoms with van der Waals surface area (Å²) < 4.78 is 28.6. The quantitative estimate of drug-likeness (QED) is 0.165. The van der Waals surface area contributed by atoms with Crippen LogP contribution in [0.3, 0.4) is 0 Å². The zero-order chi connectivity index (χ0) is 27.7. The highest BCUT2D eigenvalue weighted by molar-refractivity contribution is 6.76. The first kappa shape index (κ1) is 29.8. The van der Waals surface area contributed by atoms with Gasteiger partial charge in [0.2, 0.25) is 12.2 Å². The van der Waals surface area contributed by atoms with Crippen molar-refractivity contribution in [3.8, 4) is 0 Å². The fourth-order valence-electron chi connectivity index (χ4n) is 4.17. The minimum Gasteiger partial charge on any atom is -0.445 e. The van der Waals surface area contributed by atoms with Gasteiger partial charge in [-0.15, -0.1) is 0 Å². The lowest BCUT2D eigenvalue weighted by Crippen LogP contribution is -2.62. The van der Waals surface area contributed by atoms with E-state index < -0.39 is 47.0 Å². The summed E-state index contributed by atoms with van der Waals surface area (Å²) in [4.78, 5) is 0. The summed E-state index contributed by atoms with van der Waals surface area (Å²) in [6.07, 6.45) is -4.55. The van der Waals surface area contributed by atoms with E-state index >= 15 is 0 Å². The first-order valence-electron chi connectivity index (χ1n) is 12.4. The minimum absolute atomic E-state index is 0.191. The number of alkyl halides is 3. The predicted octanol–water partition coefficient (Wildman–Crippen LogP) is 5.82. The van der Waals surface area contributed by atoms with Gasteiger partial charge < -0.3 is 28.8 Å². The van der Waals surface area contributed by atoms with Gasteiger partial charge in [-0.1, -0.05) is 126 Å². The maximum Gasteiger partial charge on any atom is 0.265 e. The van der Waals surface area contributed by atoms with Gasteiger partial charge in [0, 0.05) is 0 Å². The first-order valence-corrected chi connectivity index (χ1v) is 13.5. The number of nitrogens with one attached hydrogen (secondary N) is 1. The molecule has 0 spiro atoms. The Morgan fingerprint density at radius 1 is 0.692 bits per heavy atom. The van der Waals surface area contributed by atoms with E-state index in [2.05, 4.69) is 0 Å². The summed E-state index contributed by atoms with van der Waals surface area (Å²) in [6, 6.07) is 28.8. The zero-order valence-corrected chi connectivity index (χ0v) is 23.3. The Morgan fingerprint density at radius 3 is 1.51 bits per heavy atom. The molecule has 1 saturated heterocycles. The van der Waals surface area contributed by atoms with E-state index in [-0.39, 0.29) is 19.8 Å². The lowest BCUT2D eigenvalue weighted by molar-refractivity contribution is -0.311. The van der Waals surface area contributed by atoms with Crippen molar-refractivity contribution in [1.82, 2.24) is 0 Å². The first-order chi connectivity index (χ1) is 18.8. The van der Waals surface area contributed by atoms with E-state index in [1.165, 1.54) is 0 Å². The maximum atomic E-state index is 10.3.